The lowest BCUT2D eigenvalue weighted by Crippen LogP contribution is -2.46. The molecule has 0 radical (unpaired) electrons. The van der Waals surface area contributed by atoms with E-state index in [1.165, 1.54) is 25.7 Å². The molecule has 0 aromatic heterocycles. The first-order valence-electron chi connectivity index (χ1n) is 7.70. The van der Waals surface area contributed by atoms with Crippen LogP contribution in [0.15, 0.2) is 29.2 Å². The summed E-state index contributed by atoms with van der Waals surface area (Å²) in [4.78, 5) is 2.59. The fourth-order valence-corrected chi connectivity index (χ4v) is 4.14. The minimum atomic E-state index is -4.22. The maximum Gasteiger partial charge on any atom is 0.446 e. The van der Waals surface area contributed by atoms with Gasteiger partial charge in [-0.15, -0.1) is 0 Å². The summed E-state index contributed by atoms with van der Waals surface area (Å²) in [6.07, 6.45) is 4.90. The average Bonchev–Trinajstić information content (AvgIpc) is 2.78. The number of rotatable bonds is 4. The minimum absolute atomic E-state index is 0.0566. The van der Waals surface area contributed by atoms with E-state index in [0.717, 1.165) is 12.1 Å². The fourth-order valence-electron chi connectivity index (χ4n) is 3.60. The predicted octanol–water partition coefficient (Wildman–Crippen LogP) is 4.01. The van der Waals surface area contributed by atoms with Crippen molar-refractivity contribution in [2.24, 2.45) is 0 Å². The van der Waals surface area contributed by atoms with Gasteiger partial charge in [0, 0.05) is 29.6 Å². The summed E-state index contributed by atoms with van der Waals surface area (Å²) in [7, 11) is 2.12. The highest BCUT2D eigenvalue weighted by Gasteiger charge is 2.35. The van der Waals surface area contributed by atoms with Crippen LogP contribution in [-0.2, 0) is 6.54 Å². The third-order valence-electron chi connectivity index (χ3n) is 4.66. The van der Waals surface area contributed by atoms with Crippen molar-refractivity contribution < 1.29 is 13.2 Å². The first-order valence-corrected chi connectivity index (χ1v) is 8.52. The lowest BCUT2D eigenvalue weighted by molar-refractivity contribution is -0.0328. The Labute approximate surface area is 133 Å². The van der Waals surface area contributed by atoms with Gasteiger partial charge in [-0.25, -0.2) is 0 Å². The van der Waals surface area contributed by atoms with Crippen LogP contribution in [0.3, 0.4) is 0 Å². The SMILES string of the molecule is CN(Cc1ccc(SC(F)(F)F)cc1)C1CC2CCC(C1)N2. The van der Waals surface area contributed by atoms with Crippen LogP contribution < -0.4 is 5.32 Å². The molecule has 22 heavy (non-hydrogen) atoms. The molecule has 1 N–H and O–H groups in total. The van der Waals surface area contributed by atoms with Crippen molar-refractivity contribution in [2.45, 2.75) is 60.8 Å². The van der Waals surface area contributed by atoms with Crippen molar-refractivity contribution in [3.05, 3.63) is 29.8 Å². The number of alkyl halides is 3. The molecular formula is C16H21F3N2S. The van der Waals surface area contributed by atoms with E-state index in [1.54, 1.807) is 24.3 Å². The van der Waals surface area contributed by atoms with Gasteiger partial charge >= 0.3 is 5.51 Å². The molecule has 2 unspecified atom stereocenters. The van der Waals surface area contributed by atoms with E-state index >= 15 is 0 Å². The van der Waals surface area contributed by atoms with Crippen LogP contribution in [0.5, 0.6) is 0 Å². The summed E-state index contributed by atoms with van der Waals surface area (Å²) < 4.78 is 37.0. The molecule has 1 aromatic carbocycles. The third-order valence-corrected chi connectivity index (χ3v) is 5.40. The Morgan fingerprint density at radius 3 is 2.27 bits per heavy atom. The molecule has 2 nitrogen and oxygen atoms in total. The summed E-state index contributed by atoms with van der Waals surface area (Å²) in [6, 6.07) is 8.61. The van der Waals surface area contributed by atoms with Crippen molar-refractivity contribution in [1.82, 2.24) is 10.2 Å². The van der Waals surface area contributed by atoms with Crippen molar-refractivity contribution >= 4 is 11.8 Å². The van der Waals surface area contributed by atoms with Gasteiger partial charge in [0.1, 0.15) is 0 Å². The topological polar surface area (TPSA) is 15.3 Å². The number of nitrogens with one attached hydrogen (secondary N) is 1. The maximum absolute atomic E-state index is 12.3. The molecule has 0 saturated carbocycles. The highest BCUT2D eigenvalue weighted by atomic mass is 32.2. The van der Waals surface area contributed by atoms with Gasteiger partial charge in [-0.2, -0.15) is 13.2 Å². The first kappa shape index (κ1) is 16.1. The van der Waals surface area contributed by atoms with Gasteiger partial charge in [-0.05, 0) is 62.2 Å². The Bertz CT molecular complexity index is 491. The number of halogens is 3. The van der Waals surface area contributed by atoms with Gasteiger partial charge in [-0.1, -0.05) is 12.1 Å². The van der Waals surface area contributed by atoms with E-state index in [4.69, 9.17) is 0 Å². The summed E-state index contributed by atoms with van der Waals surface area (Å²) in [6.45, 7) is 0.793. The summed E-state index contributed by atoms with van der Waals surface area (Å²) in [5.41, 5.74) is -3.15. The number of fused-ring (bicyclic) bond motifs is 2. The molecule has 0 amide bonds. The van der Waals surface area contributed by atoms with Gasteiger partial charge in [0.25, 0.3) is 0 Å². The highest BCUT2D eigenvalue weighted by molar-refractivity contribution is 8.00. The summed E-state index contributed by atoms with van der Waals surface area (Å²) >= 11 is -0.0566. The molecule has 2 aliphatic heterocycles. The average molecular weight is 330 g/mol. The monoisotopic (exact) mass is 330 g/mol. The standard InChI is InChI=1S/C16H21F3N2S/c1-21(14-8-12-4-5-13(9-14)20-12)10-11-2-6-15(7-3-11)22-16(17,18)19/h2-3,6-7,12-14,20H,4-5,8-10H2,1H3. The summed E-state index contributed by atoms with van der Waals surface area (Å²) in [5, 5.41) is 3.63. The van der Waals surface area contributed by atoms with E-state index in [2.05, 4.69) is 17.3 Å². The number of nitrogens with zero attached hydrogens (tertiary/aromatic N) is 1. The van der Waals surface area contributed by atoms with Gasteiger partial charge in [0.05, 0.1) is 0 Å². The van der Waals surface area contributed by atoms with Crippen LogP contribution in [0.2, 0.25) is 0 Å². The van der Waals surface area contributed by atoms with Crippen LogP contribution in [-0.4, -0.2) is 35.6 Å². The molecular weight excluding hydrogens is 309 g/mol. The number of hydrogen-bond acceptors (Lipinski definition) is 3. The Morgan fingerprint density at radius 1 is 1.14 bits per heavy atom. The zero-order valence-corrected chi connectivity index (χ0v) is 13.4. The molecule has 2 fully saturated rings. The smallest absolute Gasteiger partial charge is 0.311 e. The second-order valence-corrected chi connectivity index (χ2v) is 7.51. The molecule has 2 atom stereocenters. The third kappa shape index (κ3) is 4.18. The number of benzene rings is 1. The lowest BCUT2D eigenvalue weighted by Gasteiger charge is -2.35. The van der Waals surface area contributed by atoms with Crippen LogP contribution in [0.1, 0.15) is 31.2 Å². The van der Waals surface area contributed by atoms with Gasteiger partial charge in [0.15, 0.2) is 0 Å². The quantitative estimate of drug-likeness (QED) is 0.840. The Balaban J connectivity index is 1.56. The molecule has 2 heterocycles. The predicted molar refractivity (Wildman–Crippen MR) is 82.8 cm³/mol. The van der Waals surface area contributed by atoms with Crippen LogP contribution >= 0.6 is 11.8 Å². The Morgan fingerprint density at radius 2 is 1.73 bits per heavy atom. The lowest BCUT2D eigenvalue weighted by atomic mass is 9.98. The second-order valence-electron chi connectivity index (χ2n) is 6.37. The minimum Gasteiger partial charge on any atom is -0.311 e. The Hall–Kier alpha value is -0.720. The number of thioether (sulfide) groups is 1. The fraction of sp³-hybridized carbons (Fsp3) is 0.625. The second kappa shape index (κ2) is 6.42. The van der Waals surface area contributed by atoms with Crippen LogP contribution in [0.4, 0.5) is 13.2 Å². The molecule has 2 saturated heterocycles. The van der Waals surface area contributed by atoms with E-state index in [1.807, 2.05) is 0 Å². The molecule has 6 heteroatoms. The molecule has 1 aromatic rings. The van der Waals surface area contributed by atoms with Crippen LogP contribution in [0.25, 0.3) is 0 Å². The zero-order chi connectivity index (χ0) is 15.7. The van der Waals surface area contributed by atoms with Crippen molar-refractivity contribution in [2.75, 3.05) is 7.05 Å². The number of piperidine rings is 1. The van der Waals surface area contributed by atoms with Gasteiger partial charge < -0.3 is 5.32 Å². The van der Waals surface area contributed by atoms with Crippen molar-refractivity contribution in [3.63, 3.8) is 0 Å². The number of hydrogen-bond donors (Lipinski definition) is 1. The van der Waals surface area contributed by atoms with Crippen molar-refractivity contribution in [3.8, 4) is 0 Å². The molecule has 122 valence electrons. The van der Waals surface area contributed by atoms with E-state index in [-0.39, 0.29) is 16.7 Å². The maximum atomic E-state index is 12.3. The molecule has 2 aliphatic rings. The summed E-state index contributed by atoms with van der Waals surface area (Å²) in [5.74, 6) is 0. The first-order chi connectivity index (χ1) is 10.4. The van der Waals surface area contributed by atoms with Crippen LogP contribution in [0, 0.1) is 0 Å². The van der Waals surface area contributed by atoms with E-state index in [0.29, 0.717) is 18.1 Å². The largest absolute Gasteiger partial charge is 0.446 e. The van der Waals surface area contributed by atoms with E-state index in [9.17, 15) is 13.2 Å². The zero-order valence-electron chi connectivity index (χ0n) is 12.6. The normalized spacial score (nSPS) is 28.3. The molecule has 0 aliphatic carbocycles. The highest BCUT2D eigenvalue weighted by Crippen LogP contribution is 2.37. The molecule has 3 rings (SSSR count). The Kier molecular flexibility index (Phi) is 4.71. The van der Waals surface area contributed by atoms with Gasteiger partial charge in [-0.3, -0.25) is 4.90 Å². The van der Waals surface area contributed by atoms with Gasteiger partial charge in [0.2, 0.25) is 0 Å². The van der Waals surface area contributed by atoms with E-state index < -0.39 is 5.51 Å². The van der Waals surface area contributed by atoms with Crippen molar-refractivity contribution in [1.29, 1.82) is 0 Å². The molecule has 2 bridgehead atoms. The molecule has 0 spiro atoms.